The van der Waals surface area contributed by atoms with Crippen LogP contribution in [-0.2, 0) is 19.4 Å². The molecule has 0 atom stereocenters. The maximum atomic E-state index is 5.43. The topological polar surface area (TPSA) is 65.7 Å². The number of hydrogen-bond donors (Lipinski definition) is 2. The third-order valence-corrected chi connectivity index (χ3v) is 5.05. The quantitative estimate of drug-likeness (QED) is 0.325. The molecule has 2 rings (SSSR count). The monoisotopic (exact) mass is 477 g/mol. The Morgan fingerprint density at radius 2 is 1.92 bits per heavy atom. The van der Waals surface area contributed by atoms with E-state index in [1.807, 2.05) is 0 Å². The van der Waals surface area contributed by atoms with E-state index in [-0.39, 0.29) is 24.0 Å². The van der Waals surface area contributed by atoms with Crippen molar-refractivity contribution in [2.24, 2.45) is 4.99 Å². The molecule has 7 heteroatoms. The number of nitrogens with one attached hydrogen (secondary N) is 2. The normalized spacial score (nSPS) is 15.3. The molecule has 1 aromatic heterocycles. The van der Waals surface area contributed by atoms with Gasteiger partial charge in [0.25, 0.3) is 0 Å². The third kappa shape index (κ3) is 6.72. The minimum Gasteiger partial charge on any atom is -0.361 e. The van der Waals surface area contributed by atoms with Crippen molar-refractivity contribution in [3.8, 4) is 0 Å². The van der Waals surface area contributed by atoms with Gasteiger partial charge < -0.3 is 20.1 Å². The zero-order valence-corrected chi connectivity index (χ0v) is 19.1. The van der Waals surface area contributed by atoms with Crippen LogP contribution < -0.4 is 10.6 Å². The van der Waals surface area contributed by atoms with Crippen LogP contribution >= 0.6 is 24.0 Å². The maximum Gasteiger partial charge on any atom is 0.191 e. The largest absolute Gasteiger partial charge is 0.361 e. The molecule has 0 aromatic carbocycles. The fraction of sp³-hybridized carbons (Fsp3) is 0.789. The highest BCUT2D eigenvalue weighted by Crippen LogP contribution is 2.21. The molecule has 1 aliphatic rings. The number of aliphatic imine (C=N–C) groups is 1. The lowest BCUT2D eigenvalue weighted by atomic mass is 10.1. The summed E-state index contributed by atoms with van der Waals surface area (Å²) in [7, 11) is 2.24. The fourth-order valence-electron chi connectivity index (χ4n) is 3.49. The number of aromatic nitrogens is 1. The van der Waals surface area contributed by atoms with Crippen molar-refractivity contribution in [1.82, 2.24) is 20.7 Å². The Labute approximate surface area is 175 Å². The summed E-state index contributed by atoms with van der Waals surface area (Å²) in [5, 5.41) is 11.0. The van der Waals surface area contributed by atoms with Crippen molar-refractivity contribution < 1.29 is 4.52 Å². The molecule has 1 aromatic rings. The third-order valence-electron chi connectivity index (χ3n) is 5.05. The number of halogens is 1. The van der Waals surface area contributed by atoms with Gasteiger partial charge in [0.2, 0.25) is 0 Å². The number of rotatable bonds is 9. The van der Waals surface area contributed by atoms with E-state index < -0.39 is 0 Å². The SMILES string of the molecule is CCNC(=NCc1c(CC)noc1CC)NCCN(C)C1CCCC1.I. The molecule has 0 bridgehead atoms. The lowest BCUT2D eigenvalue weighted by molar-refractivity contribution is 0.249. The number of guanidine groups is 1. The first-order chi connectivity index (χ1) is 12.2. The summed E-state index contributed by atoms with van der Waals surface area (Å²) in [4.78, 5) is 7.22. The van der Waals surface area contributed by atoms with Crippen LogP contribution in [0.3, 0.4) is 0 Å². The van der Waals surface area contributed by atoms with E-state index in [2.05, 4.69) is 48.5 Å². The lowest BCUT2D eigenvalue weighted by Gasteiger charge is -2.24. The molecule has 1 aliphatic carbocycles. The predicted octanol–water partition coefficient (Wildman–Crippen LogP) is 3.35. The summed E-state index contributed by atoms with van der Waals surface area (Å²) >= 11 is 0. The van der Waals surface area contributed by atoms with E-state index in [0.717, 1.165) is 61.5 Å². The van der Waals surface area contributed by atoms with Crippen molar-refractivity contribution in [1.29, 1.82) is 0 Å². The van der Waals surface area contributed by atoms with Crippen LogP contribution in [0.2, 0.25) is 0 Å². The van der Waals surface area contributed by atoms with Crippen molar-refractivity contribution in [3.05, 3.63) is 17.0 Å². The Morgan fingerprint density at radius 1 is 1.19 bits per heavy atom. The molecule has 2 N–H and O–H groups in total. The molecule has 1 fully saturated rings. The van der Waals surface area contributed by atoms with Crippen molar-refractivity contribution in [3.63, 3.8) is 0 Å². The van der Waals surface area contributed by atoms with Crippen LogP contribution in [0.25, 0.3) is 0 Å². The second-order valence-corrected chi connectivity index (χ2v) is 6.78. The fourth-order valence-corrected chi connectivity index (χ4v) is 3.49. The van der Waals surface area contributed by atoms with E-state index in [1.165, 1.54) is 25.7 Å². The second kappa shape index (κ2) is 12.5. The summed E-state index contributed by atoms with van der Waals surface area (Å²) in [5.74, 6) is 1.82. The molecule has 6 nitrogen and oxygen atoms in total. The van der Waals surface area contributed by atoms with E-state index in [1.54, 1.807) is 0 Å². The van der Waals surface area contributed by atoms with Gasteiger partial charge in [-0.15, -0.1) is 24.0 Å². The molecular formula is C19H36IN5O. The molecule has 0 aliphatic heterocycles. The number of nitrogens with zero attached hydrogens (tertiary/aromatic N) is 3. The van der Waals surface area contributed by atoms with Gasteiger partial charge in [0.15, 0.2) is 5.96 Å². The minimum absolute atomic E-state index is 0. The molecule has 0 radical (unpaired) electrons. The van der Waals surface area contributed by atoms with Gasteiger partial charge in [0.05, 0.1) is 12.2 Å². The molecule has 150 valence electrons. The Balaban J connectivity index is 0.00000338. The summed E-state index contributed by atoms with van der Waals surface area (Å²) in [5.41, 5.74) is 2.17. The molecule has 0 spiro atoms. The Kier molecular flexibility index (Phi) is 11.2. The van der Waals surface area contributed by atoms with Gasteiger partial charge in [-0.05, 0) is 33.2 Å². The predicted molar refractivity (Wildman–Crippen MR) is 118 cm³/mol. The molecule has 1 heterocycles. The van der Waals surface area contributed by atoms with Gasteiger partial charge in [0, 0.05) is 37.7 Å². The Hall–Kier alpha value is -0.830. The Morgan fingerprint density at radius 3 is 2.54 bits per heavy atom. The summed E-state index contributed by atoms with van der Waals surface area (Å²) in [6.07, 6.45) is 7.18. The van der Waals surface area contributed by atoms with Crippen LogP contribution in [0.1, 0.15) is 63.5 Å². The number of hydrogen-bond acceptors (Lipinski definition) is 4. The smallest absolute Gasteiger partial charge is 0.191 e. The van der Waals surface area contributed by atoms with Gasteiger partial charge >= 0.3 is 0 Å². The van der Waals surface area contributed by atoms with Gasteiger partial charge in [-0.2, -0.15) is 0 Å². The van der Waals surface area contributed by atoms with Crippen LogP contribution in [0, 0.1) is 0 Å². The molecule has 0 amide bonds. The van der Waals surface area contributed by atoms with Crippen molar-refractivity contribution in [2.75, 3.05) is 26.7 Å². The highest BCUT2D eigenvalue weighted by Gasteiger charge is 2.19. The first-order valence-corrected chi connectivity index (χ1v) is 9.88. The minimum atomic E-state index is 0. The zero-order chi connectivity index (χ0) is 18.1. The average molecular weight is 477 g/mol. The molecule has 26 heavy (non-hydrogen) atoms. The maximum absolute atomic E-state index is 5.43. The summed E-state index contributed by atoms with van der Waals surface area (Å²) in [6, 6.07) is 0.762. The van der Waals surface area contributed by atoms with Gasteiger partial charge in [-0.3, -0.25) is 0 Å². The summed E-state index contributed by atoms with van der Waals surface area (Å²) < 4.78 is 5.43. The zero-order valence-electron chi connectivity index (χ0n) is 16.8. The van der Waals surface area contributed by atoms with Crippen LogP contribution in [-0.4, -0.2) is 48.7 Å². The lowest BCUT2D eigenvalue weighted by Crippen LogP contribution is -2.42. The van der Waals surface area contributed by atoms with Gasteiger partial charge in [0.1, 0.15) is 5.76 Å². The van der Waals surface area contributed by atoms with Crippen molar-refractivity contribution in [2.45, 2.75) is 71.9 Å². The Bertz CT molecular complexity index is 519. The van der Waals surface area contributed by atoms with E-state index in [0.29, 0.717) is 6.54 Å². The van der Waals surface area contributed by atoms with Crippen LogP contribution in [0.5, 0.6) is 0 Å². The first kappa shape index (κ1) is 23.2. The van der Waals surface area contributed by atoms with E-state index in [9.17, 15) is 0 Å². The standard InChI is InChI=1S/C19H35N5O.HI/c1-5-17-16(18(6-2)25-23-17)14-22-19(20-7-3)21-12-13-24(4)15-10-8-9-11-15;/h15H,5-14H2,1-4H3,(H2,20,21,22);1H. The van der Waals surface area contributed by atoms with Crippen molar-refractivity contribution >= 4 is 29.9 Å². The molecule has 1 saturated carbocycles. The summed E-state index contributed by atoms with van der Waals surface area (Å²) in [6.45, 7) is 9.71. The highest BCUT2D eigenvalue weighted by atomic mass is 127. The highest BCUT2D eigenvalue weighted by molar-refractivity contribution is 14.0. The van der Waals surface area contributed by atoms with Gasteiger partial charge in [-0.1, -0.05) is 31.8 Å². The molecule has 0 saturated heterocycles. The van der Waals surface area contributed by atoms with E-state index >= 15 is 0 Å². The van der Waals surface area contributed by atoms with Gasteiger partial charge in [-0.25, -0.2) is 4.99 Å². The average Bonchev–Trinajstić information content (AvgIpc) is 3.28. The van der Waals surface area contributed by atoms with E-state index in [4.69, 9.17) is 9.52 Å². The second-order valence-electron chi connectivity index (χ2n) is 6.78. The van der Waals surface area contributed by atoms with Crippen LogP contribution in [0.15, 0.2) is 9.52 Å². The first-order valence-electron chi connectivity index (χ1n) is 9.88. The van der Waals surface area contributed by atoms with Crippen LogP contribution in [0.4, 0.5) is 0 Å². The number of likely N-dealkylation sites (N-methyl/N-ethyl adjacent to an activating group) is 1. The number of aryl methyl sites for hydroxylation is 2. The molecule has 0 unspecified atom stereocenters. The molecular weight excluding hydrogens is 441 g/mol.